The minimum atomic E-state index is -0.556. The Bertz CT molecular complexity index is 403. The van der Waals surface area contributed by atoms with E-state index in [2.05, 4.69) is 15.0 Å². The third kappa shape index (κ3) is 5.47. The molecule has 0 N–H and O–H groups in total. The summed E-state index contributed by atoms with van der Waals surface area (Å²) >= 11 is -0.556. The topological polar surface area (TPSA) is 39.4 Å². The van der Waals surface area contributed by atoms with E-state index in [-0.39, 0.29) is 0 Å². The molecule has 0 bridgehead atoms. The van der Waals surface area contributed by atoms with Gasteiger partial charge in [0.25, 0.3) is 0 Å². The van der Waals surface area contributed by atoms with Gasteiger partial charge in [-0.25, -0.2) is 0 Å². The monoisotopic (exact) mass is 288 g/mol. The van der Waals surface area contributed by atoms with E-state index in [1.807, 2.05) is 30.3 Å². The number of rotatable bonds is 2. The first-order valence-electron chi connectivity index (χ1n) is 4.35. The minimum absolute atomic E-state index is 0.556. The van der Waals surface area contributed by atoms with Crippen LogP contribution in [-0.2, 0) is 17.0 Å². The van der Waals surface area contributed by atoms with E-state index in [1.165, 1.54) is 6.33 Å². The van der Waals surface area contributed by atoms with E-state index in [0.29, 0.717) is 0 Å². The van der Waals surface area contributed by atoms with Crippen molar-refractivity contribution in [3.63, 3.8) is 0 Å². The molecule has 0 amide bonds. The van der Waals surface area contributed by atoms with Gasteiger partial charge >= 0.3 is 35.6 Å². The Hall–Kier alpha value is -0.606. The molecule has 0 atom stereocenters. The Kier molecular flexibility index (Phi) is 7.18. The van der Waals surface area contributed by atoms with Crippen molar-refractivity contribution in [1.82, 2.24) is 9.97 Å². The zero-order valence-electron chi connectivity index (χ0n) is 8.22. The van der Waals surface area contributed by atoms with E-state index in [9.17, 15) is 0 Å². The van der Waals surface area contributed by atoms with Gasteiger partial charge in [-0.3, -0.25) is 4.99 Å². The molecule has 0 unspecified atom stereocenters. The molecule has 16 heavy (non-hydrogen) atoms. The van der Waals surface area contributed by atoms with Crippen molar-refractivity contribution in [3.8, 4) is 0 Å². The van der Waals surface area contributed by atoms with Crippen molar-refractivity contribution in [1.29, 1.82) is 0 Å². The van der Waals surface area contributed by atoms with Crippen molar-refractivity contribution in [2.75, 3.05) is 0 Å². The van der Waals surface area contributed by atoms with Gasteiger partial charge in [-0.05, 0) is 17.8 Å². The van der Waals surface area contributed by atoms with Crippen LogP contribution in [0.2, 0.25) is 0 Å². The van der Waals surface area contributed by atoms with Crippen molar-refractivity contribution >= 4 is 30.5 Å². The summed E-state index contributed by atoms with van der Waals surface area (Å²) in [6, 6.07) is 9.73. The van der Waals surface area contributed by atoms with Crippen LogP contribution in [0.5, 0.6) is 0 Å². The number of para-hydroxylation sites is 1. The summed E-state index contributed by atoms with van der Waals surface area (Å²) in [4.78, 5) is 12.0. The Morgan fingerprint density at radius 2 is 1.94 bits per heavy atom. The maximum absolute atomic E-state index is 4.89. The van der Waals surface area contributed by atoms with Crippen LogP contribution in [-0.4, -0.2) is 11.2 Å². The number of aromatic nitrogens is 2. The zero-order chi connectivity index (χ0) is 11.6. The van der Waals surface area contributed by atoms with Crippen molar-refractivity contribution in [2.24, 2.45) is 4.99 Å². The molecule has 0 aliphatic carbocycles. The Balaban J connectivity index is 0.000000386. The van der Waals surface area contributed by atoms with E-state index in [4.69, 9.17) is 18.6 Å². The second-order valence-electron chi connectivity index (χ2n) is 2.61. The van der Waals surface area contributed by atoms with Gasteiger partial charge < -0.3 is 9.97 Å². The predicted molar refractivity (Wildman–Crippen MR) is 63.0 cm³/mol. The number of halogens is 2. The van der Waals surface area contributed by atoms with Crippen LogP contribution in [0, 0.1) is 0 Å². The van der Waals surface area contributed by atoms with E-state index >= 15 is 0 Å². The quantitative estimate of drug-likeness (QED) is 0.629. The number of aliphatic imine (C=N–C) groups is 1. The molecule has 0 aliphatic heterocycles. The summed E-state index contributed by atoms with van der Waals surface area (Å²) in [6.45, 7) is 0. The summed E-state index contributed by atoms with van der Waals surface area (Å²) in [5.74, 6) is 0. The van der Waals surface area contributed by atoms with Crippen LogP contribution in [0.1, 0.15) is 5.69 Å². The van der Waals surface area contributed by atoms with E-state index in [0.717, 1.165) is 11.4 Å². The molecule has 2 aromatic rings. The van der Waals surface area contributed by atoms with Gasteiger partial charge in [0, 0.05) is 6.21 Å². The molecule has 0 saturated heterocycles. The van der Waals surface area contributed by atoms with Crippen LogP contribution in [0.25, 0.3) is 0 Å². The molecular formula is C10H8Cl2N3Ti-. The van der Waals surface area contributed by atoms with Crippen LogP contribution in [0.3, 0.4) is 0 Å². The third-order valence-corrected chi connectivity index (χ3v) is 1.58. The molecule has 0 radical (unpaired) electrons. The maximum atomic E-state index is 4.89. The molecule has 2 rings (SSSR count). The molecular weight excluding hydrogens is 281 g/mol. The molecule has 0 fully saturated rings. The number of imidazole rings is 1. The first-order chi connectivity index (χ1) is 7.86. The van der Waals surface area contributed by atoms with Crippen LogP contribution in [0.15, 0.2) is 47.8 Å². The molecule has 82 valence electrons. The molecule has 1 aromatic carbocycles. The standard InChI is InChI=1S/C10H8N3.2ClH.Ti/c1-2-4-9(5-3-1)12-7-10-6-11-8-13-10;;;/h1-8H;2*1H;/q-1;;;+2/p-2. The average molecular weight is 289 g/mol. The fourth-order valence-electron chi connectivity index (χ4n) is 0.964. The van der Waals surface area contributed by atoms with Crippen LogP contribution < -0.4 is 4.98 Å². The van der Waals surface area contributed by atoms with Crippen LogP contribution >= 0.6 is 18.6 Å². The SMILES string of the molecule is C(=Nc1ccccc1)c1cnc[n-]1.[Cl][Ti][Cl]. The molecule has 6 heteroatoms. The molecule has 0 aliphatic rings. The van der Waals surface area contributed by atoms with Crippen molar-refractivity contribution in [2.45, 2.75) is 0 Å². The van der Waals surface area contributed by atoms with Gasteiger partial charge in [-0.2, -0.15) is 0 Å². The van der Waals surface area contributed by atoms with Gasteiger partial charge in [-0.1, -0.05) is 30.7 Å². The molecule has 1 aromatic heterocycles. The fraction of sp³-hybridized carbons (Fsp3) is 0. The number of hydrogen-bond acceptors (Lipinski definition) is 2. The fourth-order valence-corrected chi connectivity index (χ4v) is 0.964. The number of benzene rings is 1. The third-order valence-electron chi connectivity index (χ3n) is 1.58. The Labute approximate surface area is 111 Å². The average Bonchev–Trinajstić information content (AvgIpc) is 2.82. The van der Waals surface area contributed by atoms with Gasteiger partial charge in [-0.15, -0.1) is 0 Å². The normalized spacial score (nSPS) is 9.62. The predicted octanol–water partition coefficient (Wildman–Crippen LogP) is 3.17. The van der Waals surface area contributed by atoms with Gasteiger partial charge in [0.05, 0.1) is 5.69 Å². The second-order valence-corrected chi connectivity index (χ2v) is 5.19. The van der Waals surface area contributed by atoms with Crippen LogP contribution in [0.4, 0.5) is 5.69 Å². The van der Waals surface area contributed by atoms with Gasteiger partial charge in [0.2, 0.25) is 0 Å². The van der Waals surface area contributed by atoms with Crippen molar-refractivity contribution in [3.05, 3.63) is 48.5 Å². The summed E-state index contributed by atoms with van der Waals surface area (Å²) in [6.07, 6.45) is 4.88. The summed E-state index contributed by atoms with van der Waals surface area (Å²) < 4.78 is 0. The first kappa shape index (κ1) is 13.5. The Morgan fingerprint density at radius 3 is 2.50 bits per heavy atom. The van der Waals surface area contributed by atoms with Crippen molar-refractivity contribution < 1.29 is 17.0 Å². The summed E-state index contributed by atoms with van der Waals surface area (Å²) in [5, 5.41) is 0. The second kappa shape index (κ2) is 8.54. The molecule has 0 spiro atoms. The van der Waals surface area contributed by atoms with E-state index < -0.39 is 17.0 Å². The number of hydrogen-bond donors (Lipinski definition) is 0. The zero-order valence-corrected chi connectivity index (χ0v) is 11.3. The molecule has 3 nitrogen and oxygen atoms in total. The van der Waals surface area contributed by atoms with E-state index in [1.54, 1.807) is 12.4 Å². The van der Waals surface area contributed by atoms with Gasteiger partial charge in [0.1, 0.15) is 0 Å². The molecule has 1 heterocycles. The van der Waals surface area contributed by atoms with Gasteiger partial charge in [0.15, 0.2) is 0 Å². The number of nitrogens with zero attached hydrogens (tertiary/aromatic N) is 3. The Morgan fingerprint density at radius 1 is 1.25 bits per heavy atom. The summed E-state index contributed by atoms with van der Waals surface area (Å²) in [7, 11) is 9.78. The first-order valence-corrected chi connectivity index (χ1v) is 8.64. The summed E-state index contributed by atoms with van der Waals surface area (Å²) in [5.41, 5.74) is 1.70. The molecule has 0 saturated carbocycles.